The van der Waals surface area contributed by atoms with Crippen LogP contribution in [0.15, 0.2) is 54.6 Å². The molecule has 0 saturated carbocycles. The van der Waals surface area contributed by atoms with Crippen LogP contribution >= 0.6 is 11.3 Å². The largest absolute Gasteiger partial charge is 0.484 e. The predicted molar refractivity (Wildman–Crippen MR) is 118 cm³/mol. The number of nitro groups is 1. The van der Waals surface area contributed by atoms with Crippen LogP contribution in [0.4, 0.5) is 10.7 Å². The maximum Gasteiger partial charge on any atom is 0.341 e. The van der Waals surface area contributed by atoms with E-state index in [-0.39, 0.29) is 24.5 Å². The second-order valence-electron chi connectivity index (χ2n) is 6.41. The number of non-ortho nitro benzene ring substituents is 1. The van der Waals surface area contributed by atoms with E-state index in [1.54, 1.807) is 50.2 Å². The average Bonchev–Trinajstić information content (AvgIpc) is 3.08. The van der Waals surface area contributed by atoms with Gasteiger partial charge >= 0.3 is 5.97 Å². The fourth-order valence-electron chi connectivity index (χ4n) is 2.96. The van der Waals surface area contributed by atoms with Crippen LogP contribution in [0.3, 0.4) is 0 Å². The summed E-state index contributed by atoms with van der Waals surface area (Å²) >= 11 is 1.23. The highest BCUT2D eigenvalue weighted by molar-refractivity contribution is 7.17. The predicted octanol–water partition coefficient (Wildman–Crippen LogP) is 4.83. The van der Waals surface area contributed by atoms with Gasteiger partial charge in [-0.15, -0.1) is 11.3 Å². The Labute approximate surface area is 182 Å². The molecule has 0 radical (unpaired) electrons. The highest BCUT2D eigenvalue weighted by Gasteiger charge is 2.26. The van der Waals surface area contributed by atoms with Crippen molar-refractivity contribution in [2.45, 2.75) is 13.8 Å². The van der Waals surface area contributed by atoms with Gasteiger partial charge in [0.2, 0.25) is 0 Å². The first-order chi connectivity index (χ1) is 14.9. The Morgan fingerprint density at radius 1 is 1.10 bits per heavy atom. The minimum absolute atomic E-state index is 0.0547. The number of nitrogens with zero attached hydrogens (tertiary/aromatic N) is 1. The fraction of sp³-hybridized carbons (Fsp3) is 0.182. The molecular weight excluding hydrogens is 420 g/mol. The van der Waals surface area contributed by atoms with E-state index in [2.05, 4.69) is 5.32 Å². The van der Waals surface area contributed by atoms with Gasteiger partial charge in [-0.25, -0.2) is 4.79 Å². The molecule has 1 aromatic heterocycles. The monoisotopic (exact) mass is 440 g/mol. The molecular formula is C22H20N2O6S. The molecule has 1 N–H and O–H groups in total. The quantitative estimate of drug-likeness (QED) is 0.305. The first-order valence-electron chi connectivity index (χ1n) is 9.43. The summed E-state index contributed by atoms with van der Waals surface area (Å²) in [7, 11) is 0. The zero-order chi connectivity index (χ0) is 22.4. The number of amides is 1. The molecule has 0 aliphatic heterocycles. The van der Waals surface area contributed by atoms with Crippen LogP contribution in [0.1, 0.15) is 22.2 Å². The van der Waals surface area contributed by atoms with Gasteiger partial charge in [-0.3, -0.25) is 14.9 Å². The highest BCUT2D eigenvalue weighted by Crippen LogP contribution is 2.40. The van der Waals surface area contributed by atoms with Crippen molar-refractivity contribution < 1.29 is 24.0 Å². The standard InChI is InChI=1S/C22H20N2O6S/c1-3-29-22(26)20-19(15-9-11-16(12-10-15)24(27)28)14(2)31-21(20)23-18(25)13-30-17-7-5-4-6-8-17/h4-12H,3,13H2,1-2H3,(H,23,25). The van der Waals surface area contributed by atoms with Gasteiger partial charge in [-0.05, 0) is 43.7 Å². The van der Waals surface area contributed by atoms with Crippen molar-refractivity contribution in [2.24, 2.45) is 0 Å². The molecule has 0 aliphatic carbocycles. The van der Waals surface area contributed by atoms with E-state index in [0.717, 1.165) is 4.88 Å². The van der Waals surface area contributed by atoms with E-state index in [9.17, 15) is 19.7 Å². The first kappa shape index (κ1) is 22.0. The SMILES string of the molecule is CCOC(=O)c1c(NC(=O)COc2ccccc2)sc(C)c1-c1ccc([N+](=O)[O-])cc1. The molecule has 0 atom stereocenters. The number of carbonyl (C=O) groups excluding carboxylic acids is 2. The Morgan fingerprint density at radius 3 is 2.39 bits per heavy atom. The highest BCUT2D eigenvalue weighted by atomic mass is 32.1. The van der Waals surface area contributed by atoms with Gasteiger partial charge in [0.15, 0.2) is 6.61 Å². The molecule has 8 nitrogen and oxygen atoms in total. The molecule has 1 heterocycles. The molecule has 160 valence electrons. The Balaban J connectivity index is 1.89. The van der Waals surface area contributed by atoms with Crippen LogP contribution in [-0.4, -0.2) is 30.0 Å². The fourth-order valence-corrected chi connectivity index (χ4v) is 4.04. The lowest BCUT2D eigenvalue weighted by Crippen LogP contribution is -2.21. The van der Waals surface area contributed by atoms with Crippen LogP contribution < -0.4 is 10.1 Å². The maximum atomic E-state index is 12.7. The number of para-hydroxylation sites is 1. The first-order valence-corrected chi connectivity index (χ1v) is 10.3. The molecule has 0 unspecified atom stereocenters. The number of hydrogen-bond acceptors (Lipinski definition) is 7. The van der Waals surface area contributed by atoms with E-state index >= 15 is 0 Å². The number of carbonyl (C=O) groups is 2. The number of thiophene rings is 1. The molecule has 0 saturated heterocycles. The molecule has 2 aromatic carbocycles. The van der Waals surface area contributed by atoms with Crippen molar-refractivity contribution in [1.82, 2.24) is 0 Å². The van der Waals surface area contributed by atoms with Gasteiger partial charge in [-0.2, -0.15) is 0 Å². The van der Waals surface area contributed by atoms with Crippen molar-refractivity contribution in [2.75, 3.05) is 18.5 Å². The second kappa shape index (κ2) is 9.86. The van der Waals surface area contributed by atoms with Crippen LogP contribution in [-0.2, 0) is 9.53 Å². The average molecular weight is 440 g/mol. The van der Waals surface area contributed by atoms with Crippen molar-refractivity contribution in [3.05, 3.63) is 75.2 Å². The Kier molecular flexibility index (Phi) is 6.99. The number of aryl methyl sites for hydroxylation is 1. The van der Waals surface area contributed by atoms with Gasteiger partial charge in [0.1, 0.15) is 16.3 Å². The number of rotatable bonds is 8. The number of benzene rings is 2. The topological polar surface area (TPSA) is 108 Å². The second-order valence-corrected chi connectivity index (χ2v) is 7.64. The van der Waals surface area contributed by atoms with Crippen molar-refractivity contribution in [3.8, 4) is 16.9 Å². The van der Waals surface area contributed by atoms with E-state index in [1.165, 1.54) is 23.5 Å². The summed E-state index contributed by atoms with van der Waals surface area (Å²) in [4.78, 5) is 36.4. The molecule has 0 aliphatic rings. The maximum absolute atomic E-state index is 12.7. The number of hydrogen-bond donors (Lipinski definition) is 1. The molecule has 3 rings (SSSR count). The summed E-state index contributed by atoms with van der Waals surface area (Å²) in [6.07, 6.45) is 0. The summed E-state index contributed by atoms with van der Waals surface area (Å²) in [5.41, 5.74) is 1.34. The zero-order valence-electron chi connectivity index (χ0n) is 16.9. The van der Waals surface area contributed by atoms with E-state index < -0.39 is 16.8 Å². The summed E-state index contributed by atoms with van der Waals surface area (Å²) in [5, 5.41) is 14.0. The lowest BCUT2D eigenvalue weighted by atomic mass is 10.0. The van der Waals surface area contributed by atoms with Crippen LogP contribution in [0.5, 0.6) is 5.75 Å². The van der Waals surface area contributed by atoms with E-state index in [4.69, 9.17) is 9.47 Å². The van der Waals surface area contributed by atoms with Crippen molar-refractivity contribution in [3.63, 3.8) is 0 Å². The third kappa shape index (κ3) is 5.26. The molecule has 1 amide bonds. The lowest BCUT2D eigenvalue weighted by Gasteiger charge is -2.10. The molecule has 0 spiro atoms. The Hall–Kier alpha value is -3.72. The molecule has 9 heteroatoms. The van der Waals surface area contributed by atoms with Gasteiger partial charge < -0.3 is 14.8 Å². The summed E-state index contributed by atoms with van der Waals surface area (Å²) in [5.74, 6) is -0.456. The number of esters is 1. The van der Waals surface area contributed by atoms with Gasteiger partial charge in [0.05, 0.1) is 11.5 Å². The third-order valence-corrected chi connectivity index (χ3v) is 5.32. The number of nitrogens with one attached hydrogen (secondary N) is 1. The van der Waals surface area contributed by atoms with Crippen LogP contribution in [0.2, 0.25) is 0 Å². The van der Waals surface area contributed by atoms with Gasteiger partial charge in [0, 0.05) is 22.6 Å². The summed E-state index contributed by atoms with van der Waals surface area (Å²) < 4.78 is 10.7. The molecule has 0 fully saturated rings. The normalized spacial score (nSPS) is 10.4. The molecule has 3 aromatic rings. The number of nitro benzene ring substituents is 1. The van der Waals surface area contributed by atoms with Crippen LogP contribution in [0.25, 0.3) is 11.1 Å². The van der Waals surface area contributed by atoms with Gasteiger partial charge in [0.25, 0.3) is 11.6 Å². The lowest BCUT2D eigenvalue weighted by molar-refractivity contribution is -0.384. The minimum Gasteiger partial charge on any atom is -0.484 e. The Bertz CT molecular complexity index is 1090. The molecule has 31 heavy (non-hydrogen) atoms. The van der Waals surface area contributed by atoms with Crippen molar-refractivity contribution in [1.29, 1.82) is 0 Å². The van der Waals surface area contributed by atoms with E-state index in [0.29, 0.717) is 21.9 Å². The van der Waals surface area contributed by atoms with Crippen molar-refractivity contribution >= 4 is 33.9 Å². The summed E-state index contributed by atoms with van der Waals surface area (Å²) in [6, 6.07) is 14.8. The number of ether oxygens (including phenoxy) is 2. The van der Waals surface area contributed by atoms with Crippen LogP contribution in [0, 0.1) is 17.0 Å². The van der Waals surface area contributed by atoms with E-state index in [1.807, 2.05) is 6.07 Å². The van der Waals surface area contributed by atoms with Gasteiger partial charge in [-0.1, -0.05) is 18.2 Å². The Morgan fingerprint density at radius 2 is 1.77 bits per heavy atom. The minimum atomic E-state index is -0.584. The molecule has 0 bridgehead atoms. The zero-order valence-corrected chi connectivity index (χ0v) is 17.7. The summed E-state index contributed by atoms with van der Waals surface area (Å²) in [6.45, 7) is 3.43. The third-order valence-electron chi connectivity index (χ3n) is 4.30. The smallest absolute Gasteiger partial charge is 0.341 e. The number of anilines is 1.